The summed E-state index contributed by atoms with van der Waals surface area (Å²) in [6.07, 6.45) is 1.20. The number of azo groups is 1. The number of esters is 1. The highest BCUT2D eigenvalue weighted by Gasteiger charge is 2.20. The zero-order valence-electron chi connectivity index (χ0n) is 28.4. The van der Waals surface area contributed by atoms with Crippen molar-refractivity contribution in [3.8, 4) is 0 Å². The average Bonchev–Trinajstić information content (AvgIpc) is 3.12. The number of nitrogen functional groups attached to an aromatic ring is 1. The van der Waals surface area contributed by atoms with Gasteiger partial charge in [-0.25, -0.2) is 4.79 Å². The van der Waals surface area contributed by atoms with Crippen LogP contribution < -0.4 is 10.6 Å². The van der Waals surface area contributed by atoms with Crippen molar-refractivity contribution in [2.75, 3.05) is 30.3 Å². The number of halogens is 1. The number of nitro benzene ring substituents is 4. The summed E-state index contributed by atoms with van der Waals surface area (Å²) >= 11 is 0. The van der Waals surface area contributed by atoms with Gasteiger partial charge in [0.1, 0.15) is 5.69 Å². The van der Waals surface area contributed by atoms with E-state index in [1.807, 2.05) is 19.1 Å². The first kappa shape index (κ1) is 41.5. The maximum absolute atomic E-state index is 13.2. The zero-order valence-corrected chi connectivity index (χ0v) is 29.3. The molecule has 284 valence electrons. The molecule has 0 heterocycles. The van der Waals surface area contributed by atoms with Crippen LogP contribution in [0.25, 0.3) is 0 Å². The van der Waals surface area contributed by atoms with E-state index in [0.717, 1.165) is 53.7 Å². The lowest BCUT2D eigenvalue weighted by molar-refractivity contribution is -0.393. The van der Waals surface area contributed by atoms with Crippen LogP contribution in [0.15, 0.2) is 94.0 Å². The van der Waals surface area contributed by atoms with Crippen LogP contribution in [0.4, 0.5) is 49.4 Å². The third-order valence-electron chi connectivity index (χ3n) is 7.39. The van der Waals surface area contributed by atoms with E-state index < -0.39 is 57.8 Å². The standard InChI is InChI=1S/C26H26FN5O8S.C6H5N3O4/c1-3-30(13-4-5-14-40-26(33)19-7-6-8-22(16-19)41(27,38)39)20-9-11-23(18(2)15-20)28-29-24-12-10-21(31(34)35)17-25(24)32(36)37;7-5-2-1-4(8(10)11)3-6(5)9(12)13/h6-12,15-17H,3-5,13-14H2,1-2H3;1-3H,7H2. The Labute approximate surface area is 305 Å². The molecule has 22 heteroatoms. The van der Waals surface area contributed by atoms with Gasteiger partial charge in [0, 0.05) is 30.9 Å². The third-order valence-corrected chi connectivity index (χ3v) is 8.20. The Hall–Kier alpha value is -6.97. The van der Waals surface area contributed by atoms with E-state index >= 15 is 0 Å². The van der Waals surface area contributed by atoms with Crippen molar-refractivity contribution >= 4 is 61.7 Å². The average molecular weight is 771 g/mol. The summed E-state index contributed by atoms with van der Waals surface area (Å²) in [7, 11) is -4.93. The lowest BCUT2D eigenvalue weighted by Gasteiger charge is -2.23. The minimum absolute atomic E-state index is 0.0604. The lowest BCUT2D eigenvalue weighted by atomic mass is 10.1. The largest absolute Gasteiger partial charge is 0.462 e. The molecule has 0 unspecified atom stereocenters. The van der Waals surface area contributed by atoms with Crippen LogP contribution in [0.1, 0.15) is 35.7 Å². The SMILES string of the molecule is CCN(CCCCOC(=O)c1cccc(S(=O)(=O)F)c1)c1ccc(N=Nc2ccc([N+](=O)[O-])cc2[N+](=O)[O-])c(C)c1.Nc1ccc([N+](=O)[O-])cc1[N+](=O)[O-]. The maximum atomic E-state index is 13.2. The number of nitrogens with zero attached hydrogens (tertiary/aromatic N) is 7. The molecule has 0 bridgehead atoms. The summed E-state index contributed by atoms with van der Waals surface area (Å²) in [6, 6.07) is 16.2. The number of nitrogens with two attached hydrogens (primary N) is 1. The number of anilines is 2. The molecular weight excluding hydrogens is 739 g/mol. The van der Waals surface area contributed by atoms with E-state index in [1.54, 1.807) is 13.0 Å². The van der Waals surface area contributed by atoms with Crippen LogP contribution >= 0.6 is 0 Å². The van der Waals surface area contributed by atoms with Crippen molar-refractivity contribution in [2.24, 2.45) is 10.2 Å². The second-order valence-electron chi connectivity index (χ2n) is 11.0. The normalized spacial score (nSPS) is 10.9. The molecule has 0 aromatic heterocycles. The van der Waals surface area contributed by atoms with Gasteiger partial charge in [0.25, 0.3) is 17.1 Å². The summed E-state index contributed by atoms with van der Waals surface area (Å²) in [6.45, 7) is 5.19. The van der Waals surface area contributed by atoms with Crippen molar-refractivity contribution in [2.45, 2.75) is 31.6 Å². The second-order valence-corrected chi connectivity index (χ2v) is 12.4. The van der Waals surface area contributed by atoms with Crippen molar-refractivity contribution in [1.82, 2.24) is 0 Å². The molecule has 4 aromatic carbocycles. The van der Waals surface area contributed by atoms with Crippen molar-refractivity contribution in [3.05, 3.63) is 130 Å². The molecule has 0 radical (unpaired) electrons. The third kappa shape index (κ3) is 11.5. The quantitative estimate of drug-likeness (QED) is 0.0234. The minimum Gasteiger partial charge on any atom is -0.462 e. The summed E-state index contributed by atoms with van der Waals surface area (Å²) in [5, 5.41) is 50.8. The van der Waals surface area contributed by atoms with E-state index in [1.165, 1.54) is 18.2 Å². The molecule has 0 saturated carbocycles. The van der Waals surface area contributed by atoms with E-state index in [0.29, 0.717) is 31.6 Å². The van der Waals surface area contributed by atoms with Crippen LogP contribution in [-0.4, -0.2) is 53.8 Å². The highest BCUT2D eigenvalue weighted by atomic mass is 32.3. The molecule has 0 saturated heterocycles. The van der Waals surface area contributed by atoms with Crippen LogP contribution in [0.2, 0.25) is 0 Å². The molecule has 0 aliphatic rings. The molecule has 54 heavy (non-hydrogen) atoms. The van der Waals surface area contributed by atoms with E-state index in [4.69, 9.17) is 10.5 Å². The predicted molar refractivity (Wildman–Crippen MR) is 191 cm³/mol. The molecule has 0 spiro atoms. The van der Waals surface area contributed by atoms with E-state index in [2.05, 4.69) is 15.1 Å². The molecule has 0 atom stereocenters. The summed E-state index contributed by atoms with van der Waals surface area (Å²) in [4.78, 5) is 53.5. The Morgan fingerprint density at radius 3 is 1.96 bits per heavy atom. The summed E-state index contributed by atoms with van der Waals surface area (Å²) in [5.41, 5.74) is 5.34. The monoisotopic (exact) mass is 770 g/mol. The van der Waals surface area contributed by atoms with Crippen LogP contribution in [0, 0.1) is 47.4 Å². The molecule has 4 rings (SSSR count). The van der Waals surface area contributed by atoms with Gasteiger partial charge in [0.15, 0.2) is 5.69 Å². The van der Waals surface area contributed by atoms with Gasteiger partial charge in [-0.3, -0.25) is 40.5 Å². The van der Waals surface area contributed by atoms with Gasteiger partial charge in [-0.15, -0.1) is 9.00 Å². The first-order valence-corrected chi connectivity index (χ1v) is 16.9. The fourth-order valence-corrected chi connectivity index (χ4v) is 5.12. The topological polar surface area (TPSA) is 287 Å². The highest BCUT2D eigenvalue weighted by Crippen LogP contribution is 2.34. The molecule has 0 fully saturated rings. The Kier molecular flexibility index (Phi) is 14.2. The number of hydrogen-bond donors (Lipinski definition) is 1. The highest BCUT2D eigenvalue weighted by molar-refractivity contribution is 7.86. The van der Waals surface area contributed by atoms with Gasteiger partial charge >= 0.3 is 21.9 Å². The minimum atomic E-state index is -4.93. The van der Waals surface area contributed by atoms with Crippen molar-refractivity contribution in [3.63, 3.8) is 0 Å². The van der Waals surface area contributed by atoms with Gasteiger partial charge in [0.05, 0.1) is 54.6 Å². The molecule has 0 amide bonds. The van der Waals surface area contributed by atoms with Gasteiger partial charge in [-0.05, 0) is 80.8 Å². The predicted octanol–water partition coefficient (Wildman–Crippen LogP) is 7.43. The second kappa shape index (κ2) is 18.5. The number of non-ortho nitro benzene ring substituents is 2. The fraction of sp³-hybridized carbons (Fsp3) is 0.219. The molecular formula is C32H31FN8O12S. The van der Waals surface area contributed by atoms with Gasteiger partial charge < -0.3 is 15.4 Å². The van der Waals surface area contributed by atoms with Crippen LogP contribution in [-0.2, 0) is 15.0 Å². The van der Waals surface area contributed by atoms with Crippen LogP contribution in [0.3, 0.4) is 0 Å². The Bertz CT molecular complexity index is 2220. The molecule has 0 aliphatic heterocycles. The smallest absolute Gasteiger partial charge is 0.338 e. The van der Waals surface area contributed by atoms with Gasteiger partial charge in [0.2, 0.25) is 0 Å². The zero-order chi connectivity index (χ0) is 40.2. The molecule has 20 nitrogen and oxygen atoms in total. The first-order valence-electron chi connectivity index (χ1n) is 15.5. The van der Waals surface area contributed by atoms with Gasteiger partial charge in [-0.2, -0.15) is 13.5 Å². The molecule has 4 aromatic rings. The Morgan fingerprint density at radius 2 is 1.39 bits per heavy atom. The number of rotatable bonds is 15. The Morgan fingerprint density at radius 1 is 0.796 bits per heavy atom. The number of hydrogen-bond acceptors (Lipinski definition) is 16. The summed E-state index contributed by atoms with van der Waals surface area (Å²) in [5.74, 6) is -0.748. The number of benzene rings is 4. The lowest BCUT2D eigenvalue weighted by Crippen LogP contribution is -2.24. The number of aryl methyl sites for hydroxylation is 1. The Balaban J connectivity index is 0.000000507. The van der Waals surface area contributed by atoms with Crippen molar-refractivity contribution in [1.29, 1.82) is 0 Å². The number of ether oxygens (including phenoxy) is 1. The number of carbonyl (C=O) groups is 1. The van der Waals surface area contributed by atoms with Crippen molar-refractivity contribution < 1.29 is 41.5 Å². The fourth-order valence-electron chi connectivity index (χ4n) is 4.61. The molecule has 2 N–H and O–H groups in total. The first-order chi connectivity index (χ1) is 25.4. The number of nitro groups is 4. The van der Waals surface area contributed by atoms with E-state index in [-0.39, 0.29) is 29.2 Å². The van der Waals surface area contributed by atoms with Crippen LogP contribution in [0.5, 0.6) is 0 Å². The summed E-state index contributed by atoms with van der Waals surface area (Å²) < 4.78 is 40.4. The van der Waals surface area contributed by atoms with E-state index in [9.17, 15) is 57.6 Å². The number of unbranched alkanes of at least 4 members (excludes halogenated alkanes) is 1. The number of carbonyl (C=O) groups excluding carboxylic acids is 1. The van der Waals surface area contributed by atoms with Gasteiger partial charge in [-0.1, -0.05) is 6.07 Å². The molecule has 0 aliphatic carbocycles. The maximum Gasteiger partial charge on any atom is 0.338 e.